The van der Waals surface area contributed by atoms with Crippen molar-refractivity contribution in [1.29, 1.82) is 0 Å². The molecule has 1 amide bonds. The summed E-state index contributed by atoms with van der Waals surface area (Å²) >= 11 is 0. The lowest BCUT2D eigenvalue weighted by Gasteiger charge is -2.22. The van der Waals surface area contributed by atoms with Gasteiger partial charge in [0.15, 0.2) is 23.1 Å². The van der Waals surface area contributed by atoms with Crippen molar-refractivity contribution >= 4 is 28.8 Å². The smallest absolute Gasteiger partial charge is 0.227 e. The summed E-state index contributed by atoms with van der Waals surface area (Å²) in [7, 11) is 0. The number of nitrogen functional groups attached to an aromatic ring is 1. The lowest BCUT2D eigenvalue weighted by molar-refractivity contribution is -0.120. The second kappa shape index (κ2) is 10.0. The van der Waals surface area contributed by atoms with Crippen molar-refractivity contribution in [2.75, 3.05) is 11.1 Å². The Labute approximate surface area is 203 Å². The summed E-state index contributed by atoms with van der Waals surface area (Å²) in [4.78, 5) is 39.0. The van der Waals surface area contributed by atoms with Crippen LogP contribution in [0, 0.1) is 5.92 Å². The van der Waals surface area contributed by atoms with Crippen LogP contribution in [0.15, 0.2) is 54.6 Å². The molecule has 1 atom stereocenters. The number of carbonyl (C=O) groups is 3. The molecule has 0 heterocycles. The van der Waals surface area contributed by atoms with E-state index in [4.69, 9.17) is 10.5 Å². The third-order valence-corrected chi connectivity index (χ3v) is 6.31. The Hall–Kier alpha value is -4.13. The fourth-order valence-corrected chi connectivity index (χ4v) is 4.34. The molecule has 1 unspecified atom stereocenters. The van der Waals surface area contributed by atoms with Gasteiger partial charge in [0.25, 0.3) is 0 Å². The van der Waals surface area contributed by atoms with Gasteiger partial charge in [0.2, 0.25) is 5.91 Å². The van der Waals surface area contributed by atoms with Crippen LogP contribution in [-0.2, 0) is 4.79 Å². The number of phenols is 1. The van der Waals surface area contributed by atoms with E-state index in [1.807, 2.05) is 6.92 Å². The maximum Gasteiger partial charge on any atom is 0.227 e. The number of amides is 1. The normalized spacial score (nSPS) is 13.1. The Morgan fingerprint density at radius 3 is 2.26 bits per heavy atom. The zero-order valence-electron chi connectivity index (χ0n) is 19.8. The van der Waals surface area contributed by atoms with Gasteiger partial charge in [-0.3, -0.25) is 14.4 Å². The summed E-state index contributed by atoms with van der Waals surface area (Å²) in [5.41, 5.74) is 6.91. The fourth-order valence-electron chi connectivity index (χ4n) is 4.34. The number of ether oxygens (including phenoxy) is 1. The number of carbonyl (C=O) groups excluding carboxylic acids is 3. The van der Waals surface area contributed by atoms with Gasteiger partial charge in [-0.05, 0) is 25.0 Å². The standard InChI is InChI=1S/C28H28N2O5/c1-3-5-10-16(4-2)28(34)30-19-13-8-9-14-21(19)35-22-15-20(31)23-24(25(22)29)27(33)18-12-7-6-11-17(18)26(23)32/h6-9,11-16,31H,3-5,10,29H2,1-2H3,(H,30,34). The van der Waals surface area contributed by atoms with Crippen LogP contribution in [0.5, 0.6) is 17.2 Å². The number of anilines is 2. The van der Waals surface area contributed by atoms with Crippen LogP contribution < -0.4 is 15.8 Å². The van der Waals surface area contributed by atoms with E-state index in [0.717, 1.165) is 25.7 Å². The van der Waals surface area contributed by atoms with Crippen LogP contribution in [-0.4, -0.2) is 22.6 Å². The summed E-state index contributed by atoms with van der Waals surface area (Å²) in [6.45, 7) is 4.07. The molecule has 0 radical (unpaired) electrons. The zero-order valence-corrected chi connectivity index (χ0v) is 19.8. The molecule has 0 fully saturated rings. The van der Waals surface area contributed by atoms with Gasteiger partial charge in [-0.1, -0.05) is 63.1 Å². The average Bonchev–Trinajstić information content (AvgIpc) is 2.86. The van der Waals surface area contributed by atoms with Crippen LogP contribution in [0.3, 0.4) is 0 Å². The molecule has 35 heavy (non-hydrogen) atoms. The number of nitrogens with two attached hydrogens (primary N) is 1. The quantitative estimate of drug-likeness (QED) is 0.224. The van der Waals surface area contributed by atoms with Gasteiger partial charge in [0.05, 0.1) is 22.5 Å². The molecule has 7 nitrogen and oxygen atoms in total. The predicted molar refractivity (Wildman–Crippen MR) is 134 cm³/mol. The maximum absolute atomic E-state index is 13.2. The molecular formula is C28H28N2O5. The first-order valence-electron chi connectivity index (χ1n) is 11.8. The van der Waals surface area contributed by atoms with Crippen molar-refractivity contribution in [2.45, 2.75) is 39.5 Å². The monoisotopic (exact) mass is 472 g/mol. The molecule has 180 valence electrons. The van der Waals surface area contributed by atoms with Gasteiger partial charge in [-0.25, -0.2) is 0 Å². The summed E-state index contributed by atoms with van der Waals surface area (Å²) in [5, 5.41) is 13.6. The molecule has 3 aromatic carbocycles. The SMILES string of the molecule is CCCCC(CC)C(=O)Nc1ccccc1Oc1cc(O)c2c(c1N)C(=O)c1ccccc1C2=O. The molecule has 0 aromatic heterocycles. The largest absolute Gasteiger partial charge is 0.507 e. The van der Waals surface area contributed by atoms with Crippen LogP contribution in [0.1, 0.15) is 71.4 Å². The highest BCUT2D eigenvalue weighted by atomic mass is 16.5. The van der Waals surface area contributed by atoms with Crippen LogP contribution in [0.2, 0.25) is 0 Å². The number of aromatic hydroxyl groups is 1. The molecule has 0 aliphatic heterocycles. The molecule has 0 spiro atoms. The Bertz CT molecular complexity index is 1310. The predicted octanol–water partition coefficient (Wildman–Crippen LogP) is 5.70. The first kappa shape index (κ1) is 24.0. The molecule has 1 aliphatic rings. The first-order valence-corrected chi connectivity index (χ1v) is 11.8. The molecule has 0 saturated heterocycles. The molecular weight excluding hydrogens is 444 g/mol. The zero-order chi connectivity index (χ0) is 25.1. The molecule has 0 bridgehead atoms. The third-order valence-electron chi connectivity index (χ3n) is 6.31. The average molecular weight is 473 g/mol. The van der Waals surface area contributed by atoms with Crippen LogP contribution in [0.4, 0.5) is 11.4 Å². The van der Waals surface area contributed by atoms with Gasteiger partial charge in [0.1, 0.15) is 5.75 Å². The minimum Gasteiger partial charge on any atom is -0.507 e. The van der Waals surface area contributed by atoms with E-state index in [2.05, 4.69) is 12.2 Å². The Morgan fingerprint density at radius 1 is 0.971 bits per heavy atom. The van der Waals surface area contributed by atoms with E-state index >= 15 is 0 Å². The topological polar surface area (TPSA) is 119 Å². The number of hydrogen-bond donors (Lipinski definition) is 3. The second-order valence-electron chi connectivity index (χ2n) is 8.60. The van der Waals surface area contributed by atoms with Gasteiger partial charge in [0, 0.05) is 23.1 Å². The van der Waals surface area contributed by atoms with E-state index in [1.165, 1.54) is 6.07 Å². The number of hydrogen-bond acceptors (Lipinski definition) is 6. The summed E-state index contributed by atoms with van der Waals surface area (Å²) in [5.74, 6) is -1.24. The van der Waals surface area contributed by atoms with E-state index in [9.17, 15) is 19.5 Å². The Kier molecular flexibility index (Phi) is 6.87. The number of fused-ring (bicyclic) bond motifs is 2. The number of ketones is 2. The Morgan fingerprint density at radius 2 is 1.60 bits per heavy atom. The maximum atomic E-state index is 13.2. The molecule has 3 aromatic rings. The molecule has 4 rings (SSSR count). The Balaban J connectivity index is 1.68. The van der Waals surface area contributed by atoms with Gasteiger partial charge in [-0.2, -0.15) is 0 Å². The number of phenolic OH excluding ortho intramolecular Hbond substituents is 1. The minimum atomic E-state index is -0.476. The van der Waals surface area contributed by atoms with E-state index in [-0.39, 0.29) is 45.5 Å². The van der Waals surface area contributed by atoms with Crippen LogP contribution in [0.25, 0.3) is 0 Å². The summed E-state index contributed by atoms with van der Waals surface area (Å²) < 4.78 is 5.99. The van der Waals surface area contributed by atoms with Crippen molar-refractivity contribution in [3.8, 4) is 17.2 Å². The highest BCUT2D eigenvalue weighted by Gasteiger charge is 2.35. The third kappa shape index (κ3) is 4.49. The number of nitrogens with one attached hydrogen (secondary N) is 1. The van der Waals surface area contributed by atoms with Gasteiger partial charge >= 0.3 is 0 Å². The summed E-state index contributed by atoms with van der Waals surface area (Å²) in [6.07, 6.45) is 3.49. The van der Waals surface area contributed by atoms with E-state index in [0.29, 0.717) is 11.4 Å². The fraction of sp³-hybridized carbons (Fsp3) is 0.250. The number of rotatable bonds is 8. The van der Waals surface area contributed by atoms with E-state index < -0.39 is 17.3 Å². The van der Waals surface area contributed by atoms with Crippen molar-refractivity contribution in [3.05, 3.63) is 76.9 Å². The highest BCUT2D eigenvalue weighted by molar-refractivity contribution is 6.31. The second-order valence-corrected chi connectivity index (χ2v) is 8.60. The van der Waals surface area contributed by atoms with Crippen molar-refractivity contribution in [2.24, 2.45) is 5.92 Å². The minimum absolute atomic E-state index is 0.0153. The number of benzene rings is 3. The number of unbranched alkanes of at least 4 members (excludes halogenated alkanes) is 1. The molecule has 4 N–H and O–H groups in total. The van der Waals surface area contributed by atoms with E-state index in [1.54, 1.807) is 48.5 Å². The van der Waals surface area contributed by atoms with Gasteiger partial charge < -0.3 is 20.9 Å². The summed E-state index contributed by atoms with van der Waals surface area (Å²) in [6, 6.07) is 14.5. The first-order chi connectivity index (χ1) is 16.9. The van der Waals surface area contributed by atoms with Crippen molar-refractivity contribution < 1.29 is 24.2 Å². The van der Waals surface area contributed by atoms with Crippen molar-refractivity contribution in [1.82, 2.24) is 0 Å². The molecule has 0 saturated carbocycles. The molecule has 7 heteroatoms. The van der Waals surface area contributed by atoms with Crippen molar-refractivity contribution in [3.63, 3.8) is 0 Å². The molecule has 1 aliphatic carbocycles. The van der Waals surface area contributed by atoms with Crippen LogP contribution >= 0.6 is 0 Å². The number of para-hydroxylation sites is 2. The lowest BCUT2D eigenvalue weighted by atomic mass is 9.82. The highest BCUT2D eigenvalue weighted by Crippen LogP contribution is 2.43. The van der Waals surface area contributed by atoms with Gasteiger partial charge in [-0.15, -0.1) is 0 Å². The lowest BCUT2D eigenvalue weighted by Crippen LogP contribution is -2.23.